The van der Waals surface area contributed by atoms with E-state index in [0.29, 0.717) is 5.92 Å². The first-order valence-corrected chi connectivity index (χ1v) is 7.15. The summed E-state index contributed by atoms with van der Waals surface area (Å²) in [6.07, 6.45) is 2.40. The van der Waals surface area contributed by atoms with E-state index in [0.717, 1.165) is 31.7 Å². The van der Waals surface area contributed by atoms with Crippen LogP contribution in [0.5, 0.6) is 0 Å². The van der Waals surface area contributed by atoms with E-state index in [1.54, 1.807) is 0 Å². The summed E-state index contributed by atoms with van der Waals surface area (Å²) in [5.74, 6) is 0.610. The van der Waals surface area contributed by atoms with Crippen molar-refractivity contribution < 1.29 is 0 Å². The molecule has 0 aliphatic carbocycles. The highest BCUT2D eigenvalue weighted by molar-refractivity contribution is 5.78. The molecule has 19 heavy (non-hydrogen) atoms. The summed E-state index contributed by atoms with van der Waals surface area (Å²) in [7, 11) is 0. The number of rotatable bonds is 3. The van der Waals surface area contributed by atoms with Crippen LogP contribution in [-0.4, -0.2) is 36.1 Å². The van der Waals surface area contributed by atoms with Crippen LogP contribution >= 0.6 is 0 Å². The van der Waals surface area contributed by atoms with Crippen molar-refractivity contribution in [3.63, 3.8) is 0 Å². The minimum atomic E-state index is 0.610. The Morgan fingerprint density at radius 2 is 1.89 bits per heavy atom. The Balaban J connectivity index is 1.74. The summed E-state index contributed by atoms with van der Waals surface area (Å²) in [5, 5.41) is 1.23. The van der Waals surface area contributed by atoms with Crippen molar-refractivity contribution in [2.75, 3.05) is 26.2 Å². The molecule has 1 fully saturated rings. The lowest BCUT2D eigenvalue weighted by atomic mass is 9.92. The molecule has 0 bridgehead atoms. The molecule has 3 heteroatoms. The Kier molecular flexibility index (Phi) is 3.76. The molecule has 1 saturated heterocycles. The van der Waals surface area contributed by atoms with E-state index in [4.69, 9.17) is 10.7 Å². The number of hydrogen-bond acceptors (Lipinski definition) is 3. The van der Waals surface area contributed by atoms with Crippen LogP contribution < -0.4 is 5.73 Å². The number of fused-ring (bicyclic) bond motifs is 1. The zero-order valence-corrected chi connectivity index (χ0v) is 11.3. The van der Waals surface area contributed by atoms with Gasteiger partial charge in [0.15, 0.2) is 0 Å². The molecule has 2 heterocycles. The van der Waals surface area contributed by atoms with E-state index in [-0.39, 0.29) is 0 Å². The van der Waals surface area contributed by atoms with Crippen LogP contribution in [0.15, 0.2) is 36.4 Å². The van der Waals surface area contributed by atoms with Crippen molar-refractivity contribution in [3.8, 4) is 0 Å². The van der Waals surface area contributed by atoms with Crippen LogP contribution in [0.25, 0.3) is 10.9 Å². The van der Waals surface area contributed by atoms with Gasteiger partial charge in [-0.3, -0.25) is 4.98 Å². The molecule has 1 aromatic heterocycles. The highest BCUT2D eigenvalue weighted by Crippen LogP contribution is 2.27. The predicted molar refractivity (Wildman–Crippen MR) is 79.2 cm³/mol. The van der Waals surface area contributed by atoms with Gasteiger partial charge < -0.3 is 10.6 Å². The van der Waals surface area contributed by atoms with Gasteiger partial charge in [-0.15, -0.1) is 0 Å². The SMILES string of the molecule is NCCN1CCC(c2ccc3ccccc3n2)CC1. The lowest BCUT2D eigenvalue weighted by Crippen LogP contribution is -2.36. The number of aromatic nitrogens is 1. The van der Waals surface area contributed by atoms with Crippen molar-refractivity contribution in [3.05, 3.63) is 42.1 Å². The van der Waals surface area contributed by atoms with Crippen LogP contribution in [-0.2, 0) is 0 Å². The monoisotopic (exact) mass is 255 g/mol. The fraction of sp³-hybridized carbons (Fsp3) is 0.438. The summed E-state index contributed by atoms with van der Waals surface area (Å²) >= 11 is 0. The zero-order valence-electron chi connectivity index (χ0n) is 11.3. The predicted octanol–water partition coefficient (Wildman–Crippen LogP) is 2.37. The van der Waals surface area contributed by atoms with E-state index in [9.17, 15) is 0 Å². The third-order valence-corrected chi connectivity index (χ3v) is 4.07. The van der Waals surface area contributed by atoms with Crippen molar-refractivity contribution >= 4 is 10.9 Å². The van der Waals surface area contributed by atoms with Gasteiger partial charge in [0.2, 0.25) is 0 Å². The number of para-hydroxylation sites is 1. The van der Waals surface area contributed by atoms with Crippen molar-refractivity contribution in [1.29, 1.82) is 0 Å². The molecule has 1 aliphatic heterocycles. The third kappa shape index (κ3) is 2.77. The summed E-state index contributed by atoms with van der Waals surface area (Å²) in [6, 6.07) is 12.7. The summed E-state index contributed by atoms with van der Waals surface area (Å²) < 4.78 is 0. The molecule has 3 rings (SSSR count). The van der Waals surface area contributed by atoms with Gasteiger partial charge in [-0.1, -0.05) is 24.3 Å². The topological polar surface area (TPSA) is 42.1 Å². The van der Waals surface area contributed by atoms with E-state index >= 15 is 0 Å². The number of hydrogen-bond donors (Lipinski definition) is 1. The second-order valence-corrected chi connectivity index (χ2v) is 5.33. The minimum Gasteiger partial charge on any atom is -0.329 e. The molecule has 0 unspecified atom stereocenters. The maximum atomic E-state index is 5.61. The molecule has 0 saturated carbocycles. The second kappa shape index (κ2) is 5.68. The molecule has 1 aliphatic rings. The van der Waals surface area contributed by atoms with Gasteiger partial charge in [0, 0.05) is 30.1 Å². The van der Waals surface area contributed by atoms with Crippen LogP contribution in [0.4, 0.5) is 0 Å². The van der Waals surface area contributed by atoms with E-state index in [2.05, 4.69) is 41.3 Å². The molecule has 1 aromatic carbocycles. The largest absolute Gasteiger partial charge is 0.329 e. The summed E-state index contributed by atoms with van der Waals surface area (Å²) in [6.45, 7) is 4.09. The van der Waals surface area contributed by atoms with Gasteiger partial charge in [0.05, 0.1) is 5.52 Å². The fourth-order valence-corrected chi connectivity index (χ4v) is 2.94. The quantitative estimate of drug-likeness (QED) is 0.915. The lowest BCUT2D eigenvalue weighted by molar-refractivity contribution is 0.216. The van der Waals surface area contributed by atoms with Crippen LogP contribution in [0, 0.1) is 0 Å². The summed E-state index contributed by atoms with van der Waals surface area (Å²) in [5.41, 5.74) is 7.98. The molecule has 2 aromatic rings. The van der Waals surface area contributed by atoms with Crippen LogP contribution in [0.3, 0.4) is 0 Å². The van der Waals surface area contributed by atoms with Crippen molar-refractivity contribution in [2.45, 2.75) is 18.8 Å². The molecule has 0 spiro atoms. The molecule has 0 amide bonds. The van der Waals surface area contributed by atoms with E-state index < -0.39 is 0 Å². The molecule has 2 N–H and O–H groups in total. The second-order valence-electron chi connectivity index (χ2n) is 5.33. The Morgan fingerprint density at radius 3 is 2.68 bits per heavy atom. The van der Waals surface area contributed by atoms with Crippen molar-refractivity contribution in [2.24, 2.45) is 5.73 Å². The molecule has 0 atom stereocenters. The van der Waals surface area contributed by atoms with E-state index in [1.807, 2.05) is 0 Å². The third-order valence-electron chi connectivity index (χ3n) is 4.07. The Morgan fingerprint density at radius 1 is 1.11 bits per heavy atom. The van der Waals surface area contributed by atoms with Crippen LogP contribution in [0.1, 0.15) is 24.5 Å². The van der Waals surface area contributed by atoms with E-state index in [1.165, 1.54) is 23.9 Å². The Labute approximate surface area is 114 Å². The molecular formula is C16H21N3. The number of nitrogens with two attached hydrogens (primary N) is 1. The van der Waals surface area contributed by atoms with Gasteiger partial charge in [-0.2, -0.15) is 0 Å². The number of piperidine rings is 1. The average molecular weight is 255 g/mol. The first-order valence-electron chi connectivity index (χ1n) is 7.15. The normalized spacial score (nSPS) is 17.9. The minimum absolute atomic E-state index is 0.610. The first kappa shape index (κ1) is 12.6. The molecule has 3 nitrogen and oxygen atoms in total. The van der Waals surface area contributed by atoms with Crippen LogP contribution in [0.2, 0.25) is 0 Å². The maximum absolute atomic E-state index is 5.61. The highest BCUT2D eigenvalue weighted by atomic mass is 15.1. The first-order chi connectivity index (χ1) is 9.36. The molecule has 0 radical (unpaired) electrons. The average Bonchev–Trinajstić information content (AvgIpc) is 2.48. The molecule has 100 valence electrons. The number of benzene rings is 1. The van der Waals surface area contributed by atoms with Gasteiger partial charge in [0.1, 0.15) is 0 Å². The Hall–Kier alpha value is -1.45. The zero-order chi connectivity index (χ0) is 13.1. The maximum Gasteiger partial charge on any atom is 0.0705 e. The number of pyridine rings is 1. The Bertz CT molecular complexity index is 544. The standard InChI is InChI=1S/C16H21N3/c17-9-12-19-10-7-14(8-11-19)16-6-5-13-3-1-2-4-15(13)18-16/h1-6,14H,7-12,17H2. The smallest absolute Gasteiger partial charge is 0.0705 e. The summed E-state index contributed by atoms with van der Waals surface area (Å²) in [4.78, 5) is 7.28. The fourth-order valence-electron chi connectivity index (χ4n) is 2.94. The van der Waals surface area contributed by atoms with Gasteiger partial charge in [-0.05, 0) is 38.1 Å². The van der Waals surface area contributed by atoms with Gasteiger partial charge in [-0.25, -0.2) is 0 Å². The van der Waals surface area contributed by atoms with Crippen molar-refractivity contribution in [1.82, 2.24) is 9.88 Å². The van der Waals surface area contributed by atoms with Gasteiger partial charge >= 0.3 is 0 Å². The number of likely N-dealkylation sites (tertiary alicyclic amines) is 1. The van der Waals surface area contributed by atoms with Gasteiger partial charge in [0.25, 0.3) is 0 Å². The highest BCUT2D eigenvalue weighted by Gasteiger charge is 2.21. The lowest BCUT2D eigenvalue weighted by Gasteiger charge is -2.31. The number of nitrogens with zero attached hydrogens (tertiary/aromatic N) is 2. The molecular weight excluding hydrogens is 234 g/mol.